The number of benzene rings is 2. The Balaban J connectivity index is 2.25. The summed E-state index contributed by atoms with van der Waals surface area (Å²) < 4.78 is 43.6. The minimum Gasteiger partial charge on any atom is -0.493 e. The standard InChI is InChI=1S/C18H20BrNO6S/c1-4-9-26-18(21)12-5-7-13(8-6-12)20-27(22,23)17-11-16(25-3)15(24-2)10-14(17)19/h5-8,10-11,20H,4,9H2,1-3H3. The van der Waals surface area contributed by atoms with Gasteiger partial charge < -0.3 is 14.2 Å². The van der Waals surface area contributed by atoms with E-state index in [2.05, 4.69) is 20.7 Å². The number of carbonyl (C=O) groups is 1. The molecule has 1 N–H and O–H groups in total. The van der Waals surface area contributed by atoms with Gasteiger partial charge in [-0.15, -0.1) is 0 Å². The predicted molar refractivity (Wildman–Crippen MR) is 105 cm³/mol. The fraction of sp³-hybridized carbons (Fsp3) is 0.278. The summed E-state index contributed by atoms with van der Waals surface area (Å²) in [5, 5.41) is 0. The molecule has 0 saturated carbocycles. The van der Waals surface area contributed by atoms with E-state index in [1.54, 1.807) is 0 Å². The van der Waals surface area contributed by atoms with Crippen LogP contribution in [0.3, 0.4) is 0 Å². The quantitative estimate of drug-likeness (QED) is 0.605. The van der Waals surface area contributed by atoms with Gasteiger partial charge in [0.25, 0.3) is 10.0 Å². The molecular weight excluding hydrogens is 438 g/mol. The summed E-state index contributed by atoms with van der Waals surface area (Å²) in [5.41, 5.74) is 0.655. The van der Waals surface area contributed by atoms with Crippen LogP contribution in [0.4, 0.5) is 5.69 Å². The number of hydrogen-bond acceptors (Lipinski definition) is 6. The molecule has 0 spiro atoms. The zero-order valence-corrected chi connectivity index (χ0v) is 17.5. The highest BCUT2D eigenvalue weighted by Crippen LogP contribution is 2.36. The van der Waals surface area contributed by atoms with Gasteiger partial charge in [0.15, 0.2) is 11.5 Å². The molecular formula is C18H20BrNO6S. The molecule has 0 atom stereocenters. The lowest BCUT2D eigenvalue weighted by Crippen LogP contribution is -2.14. The van der Waals surface area contributed by atoms with Crippen molar-refractivity contribution >= 4 is 37.6 Å². The number of nitrogens with one attached hydrogen (secondary N) is 1. The second kappa shape index (κ2) is 9.09. The average Bonchev–Trinajstić information content (AvgIpc) is 2.65. The van der Waals surface area contributed by atoms with Crippen molar-refractivity contribution in [2.24, 2.45) is 0 Å². The highest BCUT2D eigenvalue weighted by atomic mass is 79.9. The van der Waals surface area contributed by atoms with E-state index in [0.29, 0.717) is 28.1 Å². The third-order valence-electron chi connectivity index (χ3n) is 3.54. The summed E-state index contributed by atoms with van der Waals surface area (Å²) in [6.45, 7) is 2.23. The second-order valence-electron chi connectivity index (χ2n) is 5.46. The smallest absolute Gasteiger partial charge is 0.338 e. The highest BCUT2D eigenvalue weighted by molar-refractivity contribution is 9.10. The molecule has 0 aromatic heterocycles. The van der Waals surface area contributed by atoms with Crippen molar-refractivity contribution in [2.75, 3.05) is 25.5 Å². The van der Waals surface area contributed by atoms with Crippen molar-refractivity contribution in [1.29, 1.82) is 0 Å². The van der Waals surface area contributed by atoms with E-state index in [9.17, 15) is 13.2 Å². The number of methoxy groups -OCH3 is 2. The van der Waals surface area contributed by atoms with Crippen molar-refractivity contribution in [3.05, 3.63) is 46.4 Å². The van der Waals surface area contributed by atoms with Crippen LogP contribution < -0.4 is 14.2 Å². The molecule has 0 bridgehead atoms. The molecule has 0 saturated heterocycles. The topological polar surface area (TPSA) is 90.9 Å². The molecule has 0 unspecified atom stereocenters. The van der Waals surface area contributed by atoms with E-state index >= 15 is 0 Å². The Hall–Kier alpha value is -2.26. The number of esters is 1. The van der Waals surface area contributed by atoms with Gasteiger partial charge in [-0.05, 0) is 52.7 Å². The van der Waals surface area contributed by atoms with Crippen LogP contribution in [0.2, 0.25) is 0 Å². The summed E-state index contributed by atoms with van der Waals surface area (Å²) in [6, 6.07) is 8.87. The minimum absolute atomic E-state index is 0.00779. The lowest BCUT2D eigenvalue weighted by molar-refractivity contribution is 0.0505. The van der Waals surface area contributed by atoms with E-state index in [0.717, 1.165) is 6.42 Å². The van der Waals surface area contributed by atoms with Gasteiger partial charge in [-0.3, -0.25) is 4.72 Å². The molecule has 146 valence electrons. The number of ether oxygens (including phenoxy) is 3. The monoisotopic (exact) mass is 457 g/mol. The van der Waals surface area contributed by atoms with Gasteiger partial charge in [0.05, 0.1) is 26.4 Å². The highest BCUT2D eigenvalue weighted by Gasteiger charge is 2.21. The zero-order chi connectivity index (χ0) is 20.0. The summed E-state index contributed by atoms with van der Waals surface area (Å²) in [5.74, 6) is 0.238. The van der Waals surface area contributed by atoms with Crippen LogP contribution in [0, 0.1) is 0 Å². The number of hydrogen-bond donors (Lipinski definition) is 1. The summed E-state index contributed by atoms with van der Waals surface area (Å²) in [6.07, 6.45) is 0.726. The van der Waals surface area contributed by atoms with Crippen LogP contribution in [0.5, 0.6) is 11.5 Å². The molecule has 2 rings (SSSR count). The first-order chi connectivity index (χ1) is 12.8. The van der Waals surface area contributed by atoms with Gasteiger partial charge in [-0.25, -0.2) is 13.2 Å². The number of carbonyl (C=O) groups excluding carboxylic acids is 1. The van der Waals surface area contributed by atoms with E-state index in [-0.39, 0.29) is 10.6 Å². The Morgan fingerprint density at radius 2 is 1.67 bits per heavy atom. The van der Waals surface area contributed by atoms with Gasteiger partial charge in [0.2, 0.25) is 0 Å². The first kappa shape index (κ1) is 21.0. The number of anilines is 1. The van der Waals surface area contributed by atoms with E-state index in [4.69, 9.17) is 14.2 Å². The molecule has 0 heterocycles. The zero-order valence-electron chi connectivity index (χ0n) is 15.1. The Bertz CT molecular complexity index is 912. The normalized spacial score (nSPS) is 11.0. The average molecular weight is 458 g/mol. The fourth-order valence-electron chi connectivity index (χ4n) is 2.20. The van der Waals surface area contributed by atoms with Gasteiger partial charge >= 0.3 is 5.97 Å². The van der Waals surface area contributed by atoms with Crippen LogP contribution in [0.15, 0.2) is 45.8 Å². The number of sulfonamides is 1. The van der Waals surface area contributed by atoms with E-state index in [1.165, 1.54) is 50.6 Å². The maximum absolute atomic E-state index is 12.7. The largest absolute Gasteiger partial charge is 0.493 e. The van der Waals surface area contributed by atoms with Gasteiger partial charge in [-0.1, -0.05) is 6.92 Å². The Morgan fingerprint density at radius 3 is 2.22 bits per heavy atom. The molecule has 27 heavy (non-hydrogen) atoms. The molecule has 2 aromatic carbocycles. The number of halogens is 1. The number of rotatable bonds is 8. The third kappa shape index (κ3) is 5.14. The molecule has 2 aromatic rings. The Morgan fingerprint density at radius 1 is 1.07 bits per heavy atom. The molecule has 7 nitrogen and oxygen atoms in total. The van der Waals surface area contributed by atoms with Crippen molar-refractivity contribution in [2.45, 2.75) is 18.2 Å². The molecule has 0 fully saturated rings. The first-order valence-electron chi connectivity index (χ1n) is 8.04. The second-order valence-corrected chi connectivity index (χ2v) is 7.96. The maximum atomic E-state index is 12.7. The lowest BCUT2D eigenvalue weighted by Gasteiger charge is -2.14. The van der Waals surface area contributed by atoms with Gasteiger partial charge in [0, 0.05) is 16.2 Å². The van der Waals surface area contributed by atoms with Crippen LogP contribution in [-0.2, 0) is 14.8 Å². The van der Waals surface area contributed by atoms with Crippen LogP contribution in [0.25, 0.3) is 0 Å². The fourth-order valence-corrected chi connectivity index (χ4v) is 4.30. The molecule has 0 aliphatic rings. The van der Waals surface area contributed by atoms with Crippen LogP contribution >= 0.6 is 15.9 Å². The SMILES string of the molecule is CCCOC(=O)c1ccc(NS(=O)(=O)c2cc(OC)c(OC)cc2Br)cc1. The summed E-state index contributed by atoms with van der Waals surface area (Å²) in [4.78, 5) is 11.8. The van der Waals surface area contributed by atoms with Gasteiger partial charge in [-0.2, -0.15) is 0 Å². The van der Waals surface area contributed by atoms with Crippen molar-refractivity contribution in [1.82, 2.24) is 0 Å². The van der Waals surface area contributed by atoms with Crippen molar-refractivity contribution < 1.29 is 27.4 Å². The summed E-state index contributed by atoms with van der Waals surface area (Å²) >= 11 is 3.24. The molecule has 0 radical (unpaired) electrons. The van der Waals surface area contributed by atoms with Crippen LogP contribution in [0.1, 0.15) is 23.7 Å². The molecule has 0 aliphatic carbocycles. The molecule has 0 amide bonds. The van der Waals surface area contributed by atoms with E-state index in [1.807, 2.05) is 6.92 Å². The maximum Gasteiger partial charge on any atom is 0.338 e. The molecule has 0 aliphatic heterocycles. The first-order valence-corrected chi connectivity index (χ1v) is 10.3. The van der Waals surface area contributed by atoms with Crippen molar-refractivity contribution in [3.8, 4) is 11.5 Å². The summed E-state index contributed by atoms with van der Waals surface area (Å²) in [7, 11) is -1.01. The lowest BCUT2D eigenvalue weighted by atomic mass is 10.2. The van der Waals surface area contributed by atoms with Crippen molar-refractivity contribution in [3.63, 3.8) is 0 Å². The molecule has 9 heteroatoms. The van der Waals surface area contributed by atoms with Gasteiger partial charge in [0.1, 0.15) is 4.90 Å². The Kier molecular flexibility index (Phi) is 7.09. The van der Waals surface area contributed by atoms with E-state index < -0.39 is 16.0 Å². The van der Waals surface area contributed by atoms with Crippen LogP contribution in [-0.4, -0.2) is 35.2 Å². The minimum atomic E-state index is -3.90. The predicted octanol–water partition coefficient (Wildman–Crippen LogP) is 3.83. The third-order valence-corrected chi connectivity index (χ3v) is 5.88. The Labute approximate surface area is 166 Å².